The number of oxime groups is 1. The molecule has 0 aliphatic heterocycles. The zero-order chi connectivity index (χ0) is 17.5. The number of nitrogens with zero attached hydrogens (tertiary/aromatic N) is 2. The molecule has 0 unspecified atom stereocenters. The summed E-state index contributed by atoms with van der Waals surface area (Å²) in [5.41, 5.74) is 5.74. The Balaban J connectivity index is 1.91. The van der Waals surface area contributed by atoms with E-state index < -0.39 is 10.9 Å². The second-order valence-electron chi connectivity index (χ2n) is 4.49. The van der Waals surface area contributed by atoms with Gasteiger partial charge in [0.2, 0.25) is 0 Å². The van der Waals surface area contributed by atoms with Gasteiger partial charge in [0.15, 0.2) is 12.4 Å². The Hall–Kier alpha value is -3.13. The highest BCUT2D eigenvalue weighted by molar-refractivity contribution is 6.30. The molecule has 2 rings (SSSR count). The molecular formula is C15H12ClN3O5. The molecule has 9 heteroatoms. The lowest BCUT2D eigenvalue weighted by Gasteiger charge is -2.04. The maximum atomic E-state index is 11.6. The Morgan fingerprint density at radius 3 is 2.62 bits per heavy atom. The maximum Gasteiger partial charge on any atom is 0.372 e. The standard InChI is InChI=1S/C15H12ClN3O5/c16-11-4-6-13(7-5-11)23-9-14(20)24-18-15(17)10-2-1-3-12(8-10)19(21)22/h1-8H,9H2,(H2,17,18). The van der Waals surface area contributed by atoms with E-state index >= 15 is 0 Å². The van der Waals surface area contributed by atoms with Crippen molar-refractivity contribution in [3.05, 3.63) is 69.2 Å². The van der Waals surface area contributed by atoms with E-state index in [0.717, 1.165) is 0 Å². The van der Waals surface area contributed by atoms with Crippen molar-refractivity contribution in [2.75, 3.05) is 6.61 Å². The zero-order valence-corrected chi connectivity index (χ0v) is 13.0. The van der Waals surface area contributed by atoms with E-state index in [9.17, 15) is 14.9 Å². The Labute approximate surface area is 141 Å². The quantitative estimate of drug-likeness (QED) is 0.281. The molecule has 2 aromatic carbocycles. The first-order valence-electron chi connectivity index (χ1n) is 6.62. The van der Waals surface area contributed by atoms with E-state index in [0.29, 0.717) is 10.8 Å². The molecule has 0 aliphatic rings. The molecule has 0 saturated heterocycles. The number of nitro groups is 1. The first-order valence-corrected chi connectivity index (χ1v) is 7.00. The Morgan fingerprint density at radius 2 is 1.96 bits per heavy atom. The van der Waals surface area contributed by atoms with Crippen LogP contribution in [0.3, 0.4) is 0 Å². The predicted molar refractivity (Wildman–Crippen MR) is 86.9 cm³/mol. The number of amidine groups is 1. The Kier molecular flexibility index (Phi) is 5.69. The highest BCUT2D eigenvalue weighted by Crippen LogP contribution is 2.15. The average Bonchev–Trinajstić information content (AvgIpc) is 2.59. The van der Waals surface area contributed by atoms with Crippen molar-refractivity contribution in [1.29, 1.82) is 0 Å². The van der Waals surface area contributed by atoms with E-state index in [2.05, 4.69) is 9.99 Å². The van der Waals surface area contributed by atoms with Gasteiger partial charge in [0.25, 0.3) is 5.69 Å². The Morgan fingerprint density at radius 1 is 1.25 bits per heavy atom. The minimum atomic E-state index is -0.779. The minimum Gasteiger partial charge on any atom is -0.482 e. The molecule has 0 spiro atoms. The van der Waals surface area contributed by atoms with Crippen molar-refractivity contribution < 1.29 is 19.3 Å². The summed E-state index contributed by atoms with van der Waals surface area (Å²) in [6.07, 6.45) is 0. The summed E-state index contributed by atoms with van der Waals surface area (Å²) in [7, 11) is 0. The summed E-state index contributed by atoms with van der Waals surface area (Å²) < 4.78 is 5.18. The molecule has 2 N–H and O–H groups in total. The fourth-order valence-electron chi connectivity index (χ4n) is 1.63. The summed E-state index contributed by atoms with van der Waals surface area (Å²) in [4.78, 5) is 26.3. The van der Waals surface area contributed by atoms with Crippen molar-refractivity contribution in [3.63, 3.8) is 0 Å². The van der Waals surface area contributed by atoms with Gasteiger partial charge in [-0.2, -0.15) is 0 Å². The van der Waals surface area contributed by atoms with Crippen LogP contribution >= 0.6 is 11.6 Å². The molecule has 8 nitrogen and oxygen atoms in total. The molecule has 0 heterocycles. The summed E-state index contributed by atoms with van der Waals surface area (Å²) in [5, 5.41) is 14.7. The molecule has 124 valence electrons. The largest absolute Gasteiger partial charge is 0.482 e. The molecule has 0 amide bonds. The topological polar surface area (TPSA) is 117 Å². The monoisotopic (exact) mass is 349 g/mol. The first kappa shape index (κ1) is 17.2. The van der Waals surface area contributed by atoms with E-state index in [1.54, 1.807) is 24.3 Å². The summed E-state index contributed by atoms with van der Waals surface area (Å²) in [6.45, 7) is -0.382. The summed E-state index contributed by atoms with van der Waals surface area (Å²) in [5.74, 6) is -0.510. The van der Waals surface area contributed by atoms with Crippen molar-refractivity contribution in [2.45, 2.75) is 0 Å². The molecule has 0 radical (unpaired) electrons. The number of carbonyl (C=O) groups is 1. The fourth-order valence-corrected chi connectivity index (χ4v) is 1.76. The van der Waals surface area contributed by atoms with E-state index in [1.165, 1.54) is 24.3 Å². The van der Waals surface area contributed by atoms with Gasteiger partial charge in [-0.25, -0.2) is 4.79 Å². The third-order valence-electron chi connectivity index (χ3n) is 2.77. The lowest BCUT2D eigenvalue weighted by molar-refractivity contribution is -0.384. The second-order valence-corrected chi connectivity index (χ2v) is 4.93. The molecule has 24 heavy (non-hydrogen) atoms. The van der Waals surface area contributed by atoms with Crippen LogP contribution in [0.4, 0.5) is 5.69 Å². The number of non-ortho nitro benzene ring substituents is 1. The molecule has 2 aromatic rings. The van der Waals surface area contributed by atoms with Crippen LogP contribution in [0.1, 0.15) is 5.56 Å². The molecule has 0 aromatic heterocycles. The van der Waals surface area contributed by atoms with Gasteiger partial charge in [0.1, 0.15) is 5.75 Å². The maximum absolute atomic E-state index is 11.6. The number of ether oxygens (including phenoxy) is 1. The average molecular weight is 350 g/mol. The van der Waals surface area contributed by atoms with E-state index in [-0.39, 0.29) is 23.7 Å². The summed E-state index contributed by atoms with van der Waals surface area (Å²) >= 11 is 5.73. The molecule has 0 atom stereocenters. The van der Waals surface area contributed by atoms with Crippen molar-refractivity contribution in [3.8, 4) is 5.75 Å². The van der Waals surface area contributed by atoms with Crippen molar-refractivity contribution >= 4 is 29.1 Å². The number of rotatable bonds is 6. The number of nitrogens with two attached hydrogens (primary N) is 1. The summed E-state index contributed by atoms with van der Waals surface area (Å²) in [6, 6.07) is 11.9. The number of benzene rings is 2. The lowest BCUT2D eigenvalue weighted by Crippen LogP contribution is -2.18. The normalized spacial score (nSPS) is 11.0. The number of halogens is 1. The molecular weight excluding hydrogens is 338 g/mol. The van der Waals surface area contributed by atoms with Gasteiger partial charge >= 0.3 is 5.97 Å². The van der Waals surface area contributed by atoms with Gasteiger partial charge in [0, 0.05) is 22.7 Å². The van der Waals surface area contributed by atoms with Crippen LogP contribution in [0.15, 0.2) is 53.7 Å². The molecule has 0 fully saturated rings. The van der Waals surface area contributed by atoms with E-state index in [4.69, 9.17) is 22.1 Å². The smallest absolute Gasteiger partial charge is 0.372 e. The third kappa shape index (κ3) is 4.96. The molecule has 0 aliphatic carbocycles. The van der Waals surface area contributed by atoms with Crippen LogP contribution in [0.25, 0.3) is 0 Å². The van der Waals surface area contributed by atoms with Gasteiger partial charge in [0.05, 0.1) is 4.92 Å². The van der Waals surface area contributed by atoms with Crippen LogP contribution in [-0.4, -0.2) is 23.3 Å². The van der Waals surface area contributed by atoms with Crippen LogP contribution < -0.4 is 10.5 Å². The van der Waals surface area contributed by atoms with Gasteiger partial charge in [-0.05, 0) is 24.3 Å². The van der Waals surface area contributed by atoms with Gasteiger partial charge in [-0.1, -0.05) is 28.9 Å². The minimum absolute atomic E-state index is 0.150. The Bertz CT molecular complexity index is 777. The van der Waals surface area contributed by atoms with Crippen LogP contribution in [-0.2, 0) is 9.63 Å². The SMILES string of the molecule is N/C(=N/OC(=O)COc1ccc(Cl)cc1)c1cccc([N+](=O)[O-])c1. The lowest BCUT2D eigenvalue weighted by atomic mass is 10.2. The van der Waals surface area contributed by atoms with Crippen LogP contribution in [0.5, 0.6) is 5.75 Å². The van der Waals surface area contributed by atoms with Gasteiger partial charge in [-0.3, -0.25) is 10.1 Å². The number of hydrogen-bond donors (Lipinski definition) is 1. The second kappa shape index (κ2) is 7.93. The van der Waals surface area contributed by atoms with Crippen LogP contribution in [0.2, 0.25) is 5.02 Å². The predicted octanol–water partition coefficient (Wildman–Crippen LogP) is 2.49. The third-order valence-corrected chi connectivity index (χ3v) is 3.02. The van der Waals surface area contributed by atoms with Crippen LogP contribution in [0, 0.1) is 10.1 Å². The van der Waals surface area contributed by atoms with Gasteiger partial charge < -0.3 is 15.3 Å². The first-order chi connectivity index (χ1) is 11.5. The van der Waals surface area contributed by atoms with Gasteiger partial charge in [-0.15, -0.1) is 0 Å². The molecule has 0 bridgehead atoms. The number of hydrogen-bond acceptors (Lipinski definition) is 6. The fraction of sp³-hybridized carbons (Fsp3) is 0.0667. The van der Waals surface area contributed by atoms with E-state index in [1.807, 2.05) is 0 Å². The molecule has 0 saturated carbocycles. The van der Waals surface area contributed by atoms with Crippen molar-refractivity contribution in [2.24, 2.45) is 10.9 Å². The highest BCUT2D eigenvalue weighted by atomic mass is 35.5. The highest BCUT2D eigenvalue weighted by Gasteiger charge is 2.10. The van der Waals surface area contributed by atoms with Crippen molar-refractivity contribution in [1.82, 2.24) is 0 Å². The number of carbonyl (C=O) groups excluding carboxylic acids is 1. The number of nitro benzene ring substituents is 1. The zero-order valence-electron chi connectivity index (χ0n) is 12.2.